The van der Waals surface area contributed by atoms with Crippen LogP contribution in [0.2, 0.25) is 0 Å². The van der Waals surface area contributed by atoms with Crippen molar-refractivity contribution in [3.63, 3.8) is 0 Å². The molecule has 5 rings (SSSR count). The van der Waals surface area contributed by atoms with E-state index >= 15 is 0 Å². The van der Waals surface area contributed by atoms with E-state index in [0.29, 0.717) is 10.8 Å². The van der Waals surface area contributed by atoms with Crippen LogP contribution in [0.5, 0.6) is 0 Å². The van der Waals surface area contributed by atoms with E-state index in [4.69, 9.17) is 0 Å². The quantitative estimate of drug-likeness (QED) is 0.263. The molecule has 1 nitrogen and oxygen atoms in total. The molecule has 5 aromatic rings. The number of benzene rings is 4. The molecule has 0 amide bonds. The van der Waals surface area contributed by atoms with Gasteiger partial charge in [-0.15, -0.1) is 11.3 Å². The van der Waals surface area contributed by atoms with Crippen molar-refractivity contribution in [1.29, 1.82) is 0 Å². The maximum Gasteiger partial charge on any atom is 0.195 e. The molecular weight excluding hydrogens is 399 g/mol. The molecule has 4 heteroatoms. The highest BCUT2D eigenvalue weighted by molar-refractivity contribution is 9.10. The molecule has 0 saturated carbocycles. The molecule has 0 unspecified atom stereocenters. The van der Waals surface area contributed by atoms with Gasteiger partial charge in [-0.05, 0) is 76.1 Å². The first-order chi connectivity index (χ1) is 12.1. The van der Waals surface area contributed by atoms with Gasteiger partial charge in [0.05, 0.1) is 0 Å². The van der Waals surface area contributed by atoms with E-state index in [1.807, 2.05) is 12.1 Å². The molecule has 0 bridgehead atoms. The van der Waals surface area contributed by atoms with Crippen LogP contribution in [0.1, 0.15) is 0 Å². The minimum Gasteiger partial charge on any atom is -0.289 e. The molecule has 0 aliphatic heterocycles. The van der Waals surface area contributed by atoms with Crippen molar-refractivity contribution >= 4 is 69.0 Å². The van der Waals surface area contributed by atoms with Crippen LogP contribution in [0, 0.1) is 5.82 Å². The fourth-order valence-electron chi connectivity index (χ4n) is 3.29. The molecule has 1 aromatic heterocycles. The van der Waals surface area contributed by atoms with Gasteiger partial charge in [0, 0.05) is 24.6 Å². The normalized spacial score (nSPS) is 11.8. The number of fused-ring (bicyclic) bond motifs is 4. The summed E-state index contributed by atoms with van der Waals surface area (Å²) < 4.78 is 16.3. The van der Waals surface area contributed by atoms with Crippen molar-refractivity contribution in [2.75, 3.05) is 0 Å². The highest BCUT2D eigenvalue weighted by atomic mass is 79.9. The van der Waals surface area contributed by atoms with Crippen LogP contribution >= 0.6 is 27.3 Å². The monoisotopic (exact) mass is 408 g/mol. The Balaban J connectivity index is 1.94. The van der Waals surface area contributed by atoms with Crippen molar-refractivity contribution < 1.29 is 4.39 Å². The number of hydrogen-bond donors (Lipinski definition) is 0. The molecule has 0 atom stereocenters. The zero-order valence-corrected chi connectivity index (χ0v) is 15.2. The van der Waals surface area contributed by atoms with Crippen LogP contribution < -0.4 is 5.43 Å². The maximum atomic E-state index is 13.5. The Morgan fingerprint density at radius 1 is 0.720 bits per heavy atom. The molecule has 25 heavy (non-hydrogen) atoms. The number of hydrogen-bond acceptors (Lipinski definition) is 2. The lowest BCUT2D eigenvalue weighted by Gasteiger charge is -2.06. The Hall–Kier alpha value is -2.30. The van der Waals surface area contributed by atoms with Gasteiger partial charge in [0.15, 0.2) is 5.43 Å². The molecule has 120 valence electrons. The van der Waals surface area contributed by atoms with Gasteiger partial charge in [-0.25, -0.2) is 4.39 Å². The van der Waals surface area contributed by atoms with Gasteiger partial charge in [-0.2, -0.15) is 0 Å². The fourth-order valence-corrected chi connectivity index (χ4v) is 4.75. The first-order valence-corrected chi connectivity index (χ1v) is 9.39. The summed E-state index contributed by atoms with van der Waals surface area (Å²) in [5, 5.41) is 5.47. The van der Waals surface area contributed by atoms with E-state index in [1.165, 1.54) is 23.5 Å². The fraction of sp³-hybridized carbons (Fsp3) is 0. The van der Waals surface area contributed by atoms with Crippen LogP contribution in [-0.4, -0.2) is 0 Å². The standard InChI is InChI=1S/C21H10BrFOS/c22-15-2-1-11-5-14-9-20-17(8-13(14)6-12(11)7-15)21(24)18-10-16(23)3-4-19(18)25-20/h1-10H. The number of rotatable bonds is 0. The second kappa shape index (κ2) is 5.35. The van der Waals surface area contributed by atoms with E-state index in [-0.39, 0.29) is 11.2 Å². The van der Waals surface area contributed by atoms with Gasteiger partial charge >= 0.3 is 0 Å². The molecule has 0 saturated heterocycles. The van der Waals surface area contributed by atoms with Crippen LogP contribution in [0.15, 0.2) is 69.9 Å². The van der Waals surface area contributed by atoms with Gasteiger partial charge in [0.1, 0.15) is 5.82 Å². The first kappa shape index (κ1) is 15.0. The summed E-state index contributed by atoms with van der Waals surface area (Å²) in [6.45, 7) is 0. The van der Waals surface area contributed by atoms with Gasteiger partial charge in [0.25, 0.3) is 0 Å². The Bertz CT molecular complexity index is 1390. The Morgan fingerprint density at radius 2 is 1.44 bits per heavy atom. The molecule has 1 heterocycles. The first-order valence-electron chi connectivity index (χ1n) is 7.78. The van der Waals surface area contributed by atoms with Crippen molar-refractivity contribution in [3.05, 3.63) is 81.2 Å². The highest BCUT2D eigenvalue weighted by Crippen LogP contribution is 2.31. The third-order valence-electron chi connectivity index (χ3n) is 4.51. The van der Waals surface area contributed by atoms with Crippen molar-refractivity contribution in [2.24, 2.45) is 0 Å². The third kappa shape index (κ3) is 2.36. The molecule has 0 spiro atoms. The van der Waals surface area contributed by atoms with Gasteiger partial charge in [-0.3, -0.25) is 4.79 Å². The lowest BCUT2D eigenvalue weighted by Crippen LogP contribution is -2.01. The van der Waals surface area contributed by atoms with Crippen molar-refractivity contribution in [3.8, 4) is 0 Å². The van der Waals surface area contributed by atoms with Crippen LogP contribution in [0.3, 0.4) is 0 Å². The summed E-state index contributed by atoms with van der Waals surface area (Å²) in [4.78, 5) is 12.8. The maximum absolute atomic E-state index is 13.5. The topological polar surface area (TPSA) is 17.1 Å². The Kier molecular flexibility index (Phi) is 3.21. The SMILES string of the molecule is O=c1c2cc(F)ccc2sc2cc3cc4ccc(Br)cc4cc3cc12. The zero-order valence-electron chi connectivity index (χ0n) is 12.8. The summed E-state index contributed by atoms with van der Waals surface area (Å²) >= 11 is 5.02. The van der Waals surface area contributed by atoms with E-state index < -0.39 is 0 Å². The van der Waals surface area contributed by atoms with E-state index in [2.05, 4.69) is 46.3 Å². The lowest BCUT2D eigenvalue weighted by molar-refractivity contribution is 0.630. The van der Waals surface area contributed by atoms with Crippen molar-refractivity contribution in [2.45, 2.75) is 0 Å². The largest absolute Gasteiger partial charge is 0.289 e. The lowest BCUT2D eigenvalue weighted by atomic mass is 10.0. The second-order valence-electron chi connectivity index (χ2n) is 6.11. The number of halogens is 2. The molecular formula is C21H10BrFOS. The minimum atomic E-state index is -0.382. The molecule has 0 radical (unpaired) electrons. The average molecular weight is 409 g/mol. The summed E-state index contributed by atoms with van der Waals surface area (Å²) in [5.41, 5.74) is -0.112. The van der Waals surface area contributed by atoms with Crippen LogP contribution in [0.25, 0.3) is 41.7 Å². The minimum absolute atomic E-state index is 0.112. The summed E-state index contributed by atoms with van der Waals surface area (Å²) in [7, 11) is 0. The Labute approximate surface area is 154 Å². The van der Waals surface area contributed by atoms with Gasteiger partial charge in [0.2, 0.25) is 0 Å². The van der Waals surface area contributed by atoms with Gasteiger partial charge < -0.3 is 0 Å². The van der Waals surface area contributed by atoms with Crippen molar-refractivity contribution in [1.82, 2.24) is 0 Å². The smallest absolute Gasteiger partial charge is 0.195 e. The second-order valence-corrected chi connectivity index (χ2v) is 8.11. The Morgan fingerprint density at radius 3 is 2.32 bits per heavy atom. The predicted molar refractivity (Wildman–Crippen MR) is 108 cm³/mol. The molecule has 0 aliphatic rings. The van der Waals surface area contributed by atoms with E-state index in [0.717, 1.165) is 35.4 Å². The summed E-state index contributed by atoms with van der Waals surface area (Å²) in [6.07, 6.45) is 0. The average Bonchev–Trinajstić information content (AvgIpc) is 2.60. The van der Waals surface area contributed by atoms with Crippen LogP contribution in [0.4, 0.5) is 4.39 Å². The van der Waals surface area contributed by atoms with E-state index in [1.54, 1.807) is 6.07 Å². The van der Waals surface area contributed by atoms with Crippen LogP contribution in [-0.2, 0) is 0 Å². The van der Waals surface area contributed by atoms with E-state index in [9.17, 15) is 9.18 Å². The highest BCUT2D eigenvalue weighted by Gasteiger charge is 2.09. The summed E-state index contributed by atoms with van der Waals surface area (Å²) in [5.74, 6) is -0.382. The van der Waals surface area contributed by atoms with Gasteiger partial charge in [-0.1, -0.05) is 22.0 Å². The zero-order chi connectivity index (χ0) is 17.1. The molecule has 0 fully saturated rings. The summed E-state index contributed by atoms with van der Waals surface area (Å²) in [6, 6.07) is 18.8. The molecule has 4 aromatic carbocycles. The third-order valence-corrected chi connectivity index (χ3v) is 6.13. The predicted octanol–water partition coefficient (Wildman–Crippen LogP) is 6.62. The molecule has 0 N–H and O–H groups in total. The molecule has 0 aliphatic carbocycles.